The molecule has 0 aliphatic rings. The Bertz CT molecular complexity index is 732. The number of carboxylic acid groups (broad SMARTS) is 1. The molecule has 0 saturated carbocycles. The zero-order valence-electron chi connectivity index (χ0n) is 10.2. The topological polar surface area (TPSA) is 89.7 Å². The molecule has 0 bridgehead atoms. The minimum absolute atomic E-state index is 0.0310. The van der Waals surface area contributed by atoms with Gasteiger partial charge in [0.05, 0.1) is 20.5 Å². The number of benzene rings is 2. The van der Waals surface area contributed by atoms with Gasteiger partial charge in [-0.2, -0.15) is 0 Å². The van der Waals surface area contributed by atoms with Gasteiger partial charge in [-0.05, 0) is 24.3 Å². The predicted octanol–water partition coefficient (Wildman–Crippen LogP) is 4.39. The van der Waals surface area contributed by atoms with Gasteiger partial charge in [0.15, 0.2) is 0 Å². The summed E-state index contributed by atoms with van der Waals surface area (Å²) in [6.07, 6.45) is 0. The predicted molar refractivity (Wildman–Crippen MR) is 76.6 cm³/mol. The van der Waals surface area contributed by atoms with E-state index in [4.69, 9.17) is 33.0 Å². The smallest absolute Gasteiger partial charge is 0.337 e. The summed E-state index contributed by atoms with van der Waals surface area (Å²) in [7, 11) is 0. The third-order valence-electron chi connectivity index (χ3n) is 2.53. The Kier molecular flexibility index (Phi) is 4.30. The highest BCUT2D eigenvalue weighted by Gasteiger charge is 2.20. The van der Waals surface area contributed by atoms with Crippen LogP contribution in [0.4, 0.5) is 5.69 Å². The highest BCUT2D eigenvalue weighted by molar-refractivity contribution is 6.33. The minimum Gasteiger partial charge on any atom is -0.478 e. The van der Waals surface area contributed by atoms with Crippen LogP contribution in [-0.4, -0.2) is 16.0 Å². The second-order valence-electron chi connectivity index (χ2n) is 3.89. The minimum atomic E-state index is -1.24. The first-order valence-electron chi connectivity index (χ1n) is 5.53. The molecular weight excluding hydrogens is 321 g/mol. The average Bonchev–Trinajstić information content (AvgIpc) is 2.42. The van der Waals surface area contributed by atoms with E-state index in [1.165, 1.54) is 30.3 Å². The molecule has 2 aromatic rings. The normalized spacial score (nSPS) is 10.2. The molecule has 0 aliphatic heterocycles. The molecule has 1 N–H and O–H groups in total. The summed E-state index contributed by atoms with van der Waals surface area (Å²) in [5.74, 6) is -1.32. The van der Waals surface area contributed by atoms with Crippen LogP contribution in [-0.2, 0) is 0 Å². The second kappa shape index (κ2) is 5.99. The molecule has 0 aliphatic carbocycles. The van der Waals surface area contributed by atoms with E-state index in [2.05, 4.69) is 0 Å². The lowest BCUT2D eigenvalue weighted by molar-refractivity contribution is -0.385. The maximum absolute atomic E-state index is 11.0. The summed E-state index contributed by atoms with van der Waals surface area (Å²) in [6, 6.07) is 7.95. The fourth-order valence-corrected chi connectivity index (χ4v) is 2.00. The molecule has 0 saturated heterocycles. The third kappa shape index (κ3) is 3.24. The van der Waals surface area contributed by atoms with Gasteiger partial charge in [0.25, 0.3) is 0 Å². The molecule has 8 heteroatoms. The van der Waals surface area contributed by atoms with Gasteiger partial charge >= 0.3 is 11.7 Å². The van der Waals surface area contributed by atoms with E-state index in [1.807, 2.05) is 0 Å². The Balaban J connectivity index is 2.46. The number of halogens is 2. The molecule has 0 radical (unpaired) electrons. The lowest BCUT2D eigenvalue weighted by Gasteiger charge is -2.09. The molecule has 0 amide bonds. The number of nitro groups is 1. The maximum Gasteiger partial charge on any atom is 0.337 e. The van der Waals surface area contributed by atoms with Crippen molar-refractivity contribution in [3.05, 3.63) is 62.1 Å². The number of nitro benzene ring substituents is 1. The van der Waals surface area contributed by atoms with Crippen molar-refractivity contribution in [2.75, 3.05) is 0 Å². The highest BCUT2D eigenvalue weighted by Crippen LogP contribution is 2.38. The van der Waals surface area contributed by atoms with E-state index in [0.29, 0.717) is 0 Å². The molecule has 0 aromatic heterocycles. The van der Waals surface area contributed by atoms with E-state index in [9.17, 15) is 14.9 Å². The fourth-order valence-electron chi connectivity index (χ4n) is 1.59. The van der Waals surface area contributed by atoms with Gasteiger partial charge < -0.3 is 9.84 Å². The summed E-state index contributed by atoms with van der Waals surface area (Å²) in [5, 5.41) is 20.0. The summed E-state index contributed by atoms with van der Waals surface area (Å²) >= 11 is 11.6. The Morgan fingerprint density at radius 1 is 1.19 bits per heavy atom. The lowest BCUT2D eigenvalue weighted by Crippen LogP contribution is -1.99. The number of rotatable bonds is 4. The van der Waals surface area contributed by atoms with Crippen molar-refractivity contribution in [1.82, 2.24) is 0 Å². The largest absolute Gasteiger partial charge is 0.478 e. The fraction of sp³-hybridized carbons (Fsp3) is 0. The highest BCUT2D eigenvalue weighted by atomic mass is 35.5. The van der Waals surface area contributed by atoms with Crippen molar-refractivity contribution in [2.45, 2.75) is 0 Å². The van der Waals surface area contributed by atoms with Crippen molar-refractivity contribution >= 4 is 34.9 Å². The summed E-state index contributed by atoms with van der Waals surface area (Å²) in [4.78, 5) is 21.3. The zero-order chi connectivity index (χ0) is 15.6. The molecule has 2 aromatic carbocycles. The van der Waals surface area contributed by atoms with Gasteiger partial charge in [-0.25, -0.2) is 4.79 Å². The average molecular weight is 328 g/mol. The number of ether oxygens (including phenoxy) is 1. The number of nitrogens with zero attached hydrogens (tertiary/aromatic N) is 1. The molecule has 0 heterocycles. The number of hydrogen-bond donors (Lipinski definition) is 1. The van der Waals surface area contributed by atoms with Crippen LogP contribution in [0.1, 0.15) is 10.4 Å². The molecule has 0 fully saturated rings. The number of carboxylic acids is 1. The van der Waals surface area contributed by atoms with Crippen LogP contribution in [0.3, 0.4) is 0 Å². The van der Waals surface area contributed by atoms with Crippen LogP contribution in [0.15, 0.2) is 36.4 Å². The first kappa shape index (κ1) is 15.1. The van der Waals surface area contributed by atoms with Crippen LogP contribution in [0.5, 0.6) is 11.5 Å². The molecule has 21 heavy (non-hydrogen) atoms. The monoisotopic (exact) mass is 327 g/mol. The van der Waals surface area contributed by atoms with Crippen LogP contribution < -0.4 is 4.74 Å². The number of aromatic carboxylic acids is 1. The SMILES string of the molecule is O=C(O)c1cc(Oc2c(Cl)cccc2[N+](=O)[O-])ccc1Cl. The second-order valence-corrected chi connectivity index (χ2v) is 4.71. The zero-order valence-corrected chi connectivity index (χ0v) is 11.8. The van der Waals surface area contributed by atoms with Gasteiger partial charge in [0, 0.05) is 6.07 Å². The van der Waals surface area contributed by atoms with Crippen molar-refractivity contribution in [2.24, 2.45) is 0 Å². The van der Waals surface area contributed by atoms with Gasteiger partial charge in [-0.1, -0.05) is 29.3 Å². The van der Waals surface area contributed by atoms with E-state index in [-0.39, 0.29) is 32.8 Å². The first-order chi connectivity index (χ1) is 9.90. The number of para-hydroxylation sites is 1. The van der Waals surface area contributed by atoms with Crippen LogP contribution >= 0.6 is 23.2 Å². The van der Waals surface area contributed by atoms with Gasteiger partial charge in [-0.3, -0.25) is 10.1 Å². The summed E-state index contributed by atoms with van der Waals surface area (Å²) in [5.41, 5.74) is -0.502. The van der Waals surface area contributed by atoms with Gasteiger partial charge in [0.2, 0.25) is 5.75 Å². The van der Waals surface area contributed by atoms with Crippen molar-refractivity contribution in [3.63, 3.8) is 0 Å². The van der Waals surface area contributed by atoms with Crippen molar-refractivity contribution in [3.8, 4) is 11.5 Å². The van der Waals surface area contributed by atoms with E-state index >= 15 is 0 Å². The standard InChI is InChI=1S/C13H7Cl2NO5/c14-9-5-4-7(6-8(9)13(17)18)21-12-10(15)2-1-3-11(12)16(19)20/h1-6H,(H,17,18). The van der Waals surface area contributed by atoms with E-state index in [0.717, 1.165) is 6.07 Å². The molecule has 0 spiro atoms. The molecule has 2 rings (SSSR count). The van der Waals surface area contributed by atoms with Gasteiger partial charge in [0.1, 0.15) is 5.75 Å². The molecule has 108 valence electrons. The first-order valence-corrected chi connectivity index (χ1v) is 6.29. The summed E-state index contributed by atoms with van der Waals surface area (Å²) < 4.78 is 5.35. The Morgan fingerprint density at radius 3 is 2.52 bits per heavy atom. The molecular formula is C13H7Cl2NO5. The molecule has 0 atom stereocenters. The molecule has 6 nitrogen and oxygen atoms in total. The number of hydrogen-bond acceptors (Lipinski definition) is 4. The third-order valence-corrected chi connectivity index (χ3v) is 3.16. The van der Waals surface area contributed by atoms with Gasteiger partial charge in [-0.15, -0.1) is 0 Å². The Hall–Kier alpha value is -2.31. The maximum atomic E-state index is 11.0. The van der Waals surface area contributed by atoms with E-state index < -0.39 is 10.9 Å². The quantitative estimate of drug-likeness (QED) is 0.664. The summed E-state index contributed by atoms with van der Waals surface area (Å²) in [6.45, 7) is 0. The lowest BCUT2D eigenvalue weighted by atomic mass is 10.2. The van der Waals surface area contributed by atoms with E-state index in [1.54, 1.807) is 0 Å². The van der Waals surface area contributed by atoms with Crippen molar-refractivity contribution in [1.29, 1.82) is 0 Å². The Morgan fingerprint density at radius 2 is 1.90 bits per heavy atom. The van der Waals surface area contributed by atoms with Crippen LogP contribution in [0.2, 0.25) is 10.0 Å². The van der Waals surface area contributed by atoms with Crippen LogP contribution in [0.25, 0.3) is 0 Å². The molecule has 0 unspecified atom stereocenters. The Labute approximate surface area is 128 Å². The van der Waals surface area contributed by atoms with Crippen molar-refractivity contribution < 1.29 is 19.6 Å². The number of carbonyl (C=O) groups is 1. The van der Waals surface area contributed by atoms with Crippen LogP contribution in [0, 0.1) is 10.1 Å².